The van der Waals surface area contributed by atoms with Gasteiger partial charge in [-0.2, -0.15) is 0 Å². The van der Waals surface area contributed by atoms with Crippen molar-refractivity contribution in [2.75, 3.05) is 0 Å². The number of hydrogen-bond donors (Lipinski definition) is 1. The number of terminal acetylenes is 1. The number of benzene rings is 2. The van der Waals surface area contributed by atoms with Crippen LogP contribution >= 0.6 is 0 Å². The molecule has 3 aromatic rings. The summed E-state index contributed by atoms with van der Waals surface area (Å²) >= 11 is 0. The summed E-state index contributed by atoms with van der Waals surface area (Å²) in [7, 11) is 0. The third-order valence-corrected chi connectivity index (χ3v) is 3.69. The molecule has 2 aromatic carbocycles. The minimum absolute atomic E-state index is 0.0433. The Kier molecular flexibility index (Phi) is 3.63. The number of hydrogen-bond acceptors (Lipinski definition) is 3. The van der Waals surface area contributed by atoms with Crippen LogP contribution in [0.5, 0.6) is 5.75 Å². The Bertz CT molecular complexity index is 977. The number of nitrogens with zero attached hydrogens (tertiary/aromatic N) is 2. The molecule has 0 spiro atoms. The lowest BCUT2D eigenvalue weighted by molar-refractivity contribution is 0.476. The Morgan fingerprint density at radius 2 is 1.87 bits per heavy atom. The quantitative estimate of drug-likeness (QED) is 0.740. The highest BCUT2D eigenvalue weighted by atomic mass is 16.3. The first-order valence-corrected chi connectivity index (χ1v) is 7.34. The van der Waals surface area contributed by atoms with Gasteiger partial charge < -0.3 is 5.11 Å². The number of aromatic nitrogens is 2. The minimum Gasteiger partial charge on any atom is -0.508 e. The lowest BCUT2D eigenvalue weighted by Gasteiger charge is -2.16. The zero-order valence-corrected chi connectivity index (χ0v) is 12.9. The summed E-state index contributed by atoms with van der Waals surface area (Å²) in [5, 5.41) is 10.1. The Labute approximate surface area is 134 Å². The fourth-order valence-corrected chi connectivity index (χ4v) is 2.53. The summed E-state index contributed by atoms with van der Waals surface area (Å²) in [5.74, 6) is 3.34. The Hall–Kier alpha value is -3.06. The fraction of sp³-hybridized carbons (Fsp3) is 0.158. The molecular formula is C19H16N2O2. The third-order valence-electron chi connectivity index (χ3n) is 3.69. The van der Waals surface area contributed by atoms with Crippen LogP contribution in [0.1, 0.15) is 31.2 Å². The summed E-state index contributed by atoms with van der Waals surface area (Å²) in [5.41, 5.74) is 1.81. The maximum atomic E-state index is 12.9. The van der Waals surface area contributed by atoms with Crippen molar-refractivity contribution in [2.24, 2.45) is 0 Å². The molecule has 0 amide bonds. The van der Waals surface area contributed by atoms with Crippen LogP contribution in [0.15, 0.2) is 47.3 Å². The molecule has 1 aromatic heterocycles. The van der Waals surface area contributed by atoms with Crippen LogP contribution in [0.4, 0.5) is 0 Å². The van der Waals surface area contributed by atoms with E-state index in [9.17, 15) is 9.90 Å². The lowest BCUT2D eigenvalue weighted by atomic mass is 10.1. The van der Waals surface area contributed by atoms with Crippen molar-refractivity contribution in [1.82, 2.24) is 9.55 Å². The van der Waals surface area contributed by atoms with E-state index in [1.165, 1.54) is 12.1 Å². The van der Waals surface area contributed by atoms with Gasteiger partial charge >= 0.3 is 0 Å². The summed E-state index contributed by atoms with van der Waals surface area (Å²) in [6.45, 7) is 3.95. The molecule has 0 atom stereocenters. The average Bonchev–Trinajstić information content (AvgIpc) is 2.54. The van der Waals surface area contributed by atoms with Crippen molar-refractivity contribution < 1.29 is 5.11 Å². The third kappa shape index (κ3) is 2.58. The number of aromatic hydroxyl groups is 1. The van der Waals surface area contributed by atoms with Crippen LogP contribution < -0.4 is 5.56 Å². The number of fused-ring (bicyclic) bond motifs is 1. The second-order valence-corrected chi connectivity index (χ2v) is 5.66. The van der Waals surface area contributed by atoms with Gasteiger partial charge in [0, 0.05) is 17.5 Å². The molecule has 0 bridgehead atoms. The molecule has 0 saturated heterocycles. The number of phenols is 1. The molecule has 114 valence electrons. The number of phenolic OH excluding ortho intramolecular Hbond substituents is 1. The summed E-state index contributed by atoms with van der Waals surface area (Å²) < 4.78 is 1.60. The normalized spacial score (nSPS) is 10.9. The predicted octanol–water partition coefficient (Wildman–Crippen LogP) is 3.20. The van der Waals surface area contributed by atoms with Gasteiger partial charge in [-0.15, -0.1) is 6.42 Å². The molecule has 0 aliphatic rings. The highest BCUT2D eigenvalue weighted by Crippen LogP contribution is 2.21. The number of rotatable bonds is 2. The molecule has 0 aliphatic heterocycles. The maximum Gasteiger partial charge on any atom is 0.265 e. The molecule has 1 N–H and O–H groups in total. The Morgan fingerprint density at radius 3 is 2.48 bits per heavy atom. The van der Waals surface area contributed by atoms with E-state index in [0.29, 0.717) is 16.7 Å². The van der Waals surface area contributed by atoms with Crippen molar-refractivity contribution in [2.45, 2.75) is 19.8 Å². The monoisotopic (exact) mass is 304 g/mol. The zero-order valence-electron chi connectivity index (χ0n) is 12.9. The van der Waals surface area contributed by atoms with Gasteiger partial charge in [0.05, 0.1) is 16.6 Å². The Morgan fingerprint density at radius 1 is 1.17 bits per heavy atom. The summed E-state index contributed by atoms with van der Waals surface area (Å²) in [6.07, 6.45) is 5.38. The minimum atomic E-state index is -0.160. The largest absolute Gasteiger partial charge is 0.508 e. The van der Waals surface area contributed by atoms with Gasteiger partial charge in [0.2, 0.25) is 0 Å². The van der Waals surface area contributed by atoms with Crippen molar-refractivity contribution in [1.29, 1.82) is 0 Å². The van der Waals surface area contributed by atoms with Gasteiger partial charge in [0.25, 0.3) is 5.56 Å². The molecule has 4 heteroatoms. The molecule has 4 nitrogen and oxygen atoms in total. The van der Waals surface area contributed by atoms with Crippen molar-refractivity contribution >= 4 is 10.9 Å². The molecule has 0 unspecified atom stereocenters. The van der Waals surface area contributed by atoms with Crippen LogP contribution in [0, 0.1) is 12.3 Å². The van der Waals surface area contributed by atoms with Crippen molar-refractivity contribution in [3.05, 3.63) is 64.2 Å². The van der Waals surface area contributed by atoms with Crippen molar-refractivity contribution in [3.63, 3.8) is 0 Å². The van der Waals surface area contributed by atoms with Gasteiger partial charge in [-0.1, -0.05) is 19.8 Å². The zero-order chi connectivity index (χ0) is 16.6. The van der Waals surface area contributed by atoms with Crippen molar-refractivity contribution in [3.8, 4) is 23.8 Å². The first-order valence-electron chi connectivity index (χ1n) is 7.34. The van der Waals surface area contributed by atoms with Gasteiger partial charge in [-0.25, -0.2) is 4.98 Å². The van der Waals surface area contributed by atoms with Gasteiger partial charge in [0.15, 0.2) is 0 Å². The molecule has 0 saturated carbocycles. The summed E-state index contributed by atoms with van der Waals surface area (Å²) in [4.78, 5) is 17.5. The molecule has 0 aliphatic carbocycles. The second kappa shape index (κ2) is 5.62. The fourth-order valence-electron chi connectivity index (χ4n) is 2.53. The molecular weight excluding hydrogens is 288 g/mol. The van der Waals surface area contributed by atoms with E-state index >= 15 is 0 Å². The average molecular weight is 304 g/mol. The van der Waals surface area contributed by atoms with E-state index in [0.717, 1.165) is 11.3 Å². The molecule has 0 radical (unpaired) electrons. The summed E-state index contributed by atoms with van der Waals surface area (Å²) in [6, 6.07) is 11.8. The molecule has 23 heavy (non-hydrogen) atoms. The van der Waals surface area contributed by atoms with Gasteiger partial charge in [0.1, 0.15) is 11.6 Å². The van der Waals surface area contributed by atoms with E-state index in [1.807, 2.05) is 26.0 Å². The van der Waals surface area contributed by atoms with Crippen LogP contribution in [0.2, 0.25) is 0 Å². The highest BCUT2D eigenvalue weighted by molar-refractivity contribution is 5.79. The molecule has 3 rings (SSSR count). The first-order chi connectivity index (χ1) is 11.0. The Balaban J connectivity index is 2.36. The van der Waals surface area contributed by atoms with E-state index in [2.05, 4.69) is 10.9 Å². The standard InChI is InChI=1S/C19H16N2O2/c1-4-13-5-7-14(8-6-13)21-18(12(2)3)20-17-11-15(22)9-10-16(17)19(21)23/h1,5-12,22H,2-3H3. The predicted molar refractivity (Wildman–Crippen MR) is 91.0 cm³/mol. The van der Waals surface area contributed by atoms with Gasteiger partial charge in [-0.05, 0) is 36.4 Å². The highest BCUT2D eigenvalue weighted by Gasteiger charge is 2.15. The second-order valence-electron chi connectivity index (χ2n) is 5.66. The maximum absolute atomic E-state index is 12.9. The van der Waals surface area contributed by atoms with Gasteiger partial charge in [-0.3, -0.25) is 9.36 Å². The van der Waals surface area contributed by atoms with Crippen LogP contribution in [-0.4, -0.2) is 14.7 Å². The van der Waals surface area contributed by atoms with E-state index in [-0.39, 0.29) is 17.2 Å². The van der Waals surface area contributed by atoms with E-state index in [4.69, 9.17) is 6.42 Å². The topological polar surface area (TPSA) is 55.1 Å². The SMILES string of the molecule is C#Cc1ccc(-n2c(C(C)C)nc3cc(O)ccc3c2=O)cc1. The smallest absolute Gasteiger partial charge is 0.265 e. The molecule has 1 heterocycles. The van der Waals surface area contributed by atoms with E-state index < -0.39 is 0 Å². The van der Waals surface area contributed by atoms with Crippen LogP contribution in [-0.2, 0) is 0 Å². The lowest BCUT2D eigenvalue weighted by Crippen LogP contribution is -2.24. The van der Waals surface area contributed by atoms with Crippen LogP contribution in [0.25, 0.3) is 16.6 Å². The van der Waals surface area contributed by atoms with Crippen LogP contribution in [0.3, 0.4) is 0 Å². The first kappa shape index (κ1) is 14.9. The van der Waals surface area contributed by atoms with E-state index in [1.54, 1.807) is 22.8 Å². The molecule has 0 fully saturated rings.